The highest BCUT2D eigenvalue weighted by Crippen LogP contribution is 2.41. The van der Waals surface area contributed by atoms with E-state index in [0.29, 0.717) is 3.57 Å². The maximum Gasteiger partial charge on any atom is 0.351 e. The quantitative estimate of drug-likeness (QED) is 0.199. The van der Waals surface area contributed by atoms with Crippen molar-refractivity contribution in [3.8, 4) is 0 Å². The van der Waals surface area contributed by atoms with E-state index in [4.69, 9.17) is 29.4 Å². The van der Waals surface area contributed by atoms with Gasteiger partial charge < -0.3 is 10.5 Å². The molecule has 0 radical (unpaired) electrons. The summed E-state index contributed by atoms with van der Waals surface area (Å²) in [6, 6.07) is 0. The van der Waals surface area contributed by atoms with Crippen LogP contribution >= 0.6 is 22.6 Å². The van der Waals surface area contributed by atoms with Gasteiger partial charge in [-0.2, -0.15) is 4.98 Å². The lowest BCUT2D eigenvalue weighted by Gasteiger charge is -2.37. The van der Waals surface area contributed by atoms with Crippen molar-refractivity contribution in [2.45, 2.75) is 109 Å². The van der Waals surface area contributed by atoms with E-state index in [1.807, 2.05) is 29.5 Å². The van der Waals surface area contributed by atoms with Crippen LogP contribution < -0.4 is 11.4 Å². The second kappa shape index (κ2) is 9.95. The van der Waals surface area contributed by atoms with Gasteiger partial charge in [-0.15, -0.1) is 0 Å². The predicted octanol–water partition coefficient (Wildman–Crippen LogP) is 4.99. The summed E-state index contributed by atoms with van der Waals surface area (Å²) < 4.78 is 20.3. The van der Waals surface area contributed by atoms with Crippen LogP contribution in [0, 0.1) is 3.57 Å². The Kier molecular flexibility index (Phi) is 8.71. The molecule has 33 heavy (non-hydrogen) atoms. The van der Waals surface area contributed by atoms with Crippen LogP contribution in [0.3, 0.4) is 0 Å². The zero-order valence-corrected chi connectivity index (χ0v) is 25.8. The van der Waals surface area contributed by atoms with Crippen LogP contribution in [0.4, 0.5) is 5.82 Å². The largest absolute Gasteiger partial charge is 0.383 e. The van der Waals surface area contributed by atoms with Crippen molar-refractivity contribution in [2.24, 2.45) is 0 Å². The van der Waals surface area contributed by atoms with E-state index in [1.165, 1.54) is 4.57 Å². The molecule has 9 nitrogen and oxygen atoms in total. The fourth-order valence-corrected chi connectivity index (χ4v) is 4.13. The number of nitrogen functional groups attached to an aromatic ring is 1. The van der Waals surface area contributed by atoms with Crippen LogP contribution in [0.1, 0.15) is 54.7 Å². The third-order valence-electron chi connectivity index (χ3n) is 6.98. The standard InChI is InChI=1S/C21H40IN3O6Si2/c1-13-15(28-30-32(8,9)20(2,3)4)16(29-31-33(10,11)21(5,6)7)18(27-13)25-12-14(22)17(23)24-19(25)26/h12-13,15-16,18H,1-11H3,(H2,23,24,26)/t13-,15?,16?,18-/m1/s1. The lowest BCUT2D eigenvalue weighted by atomic mass is 10.1. The van der Waals surface area contributed by atoms with Gasteiger partial charge in [-0.3, -0.25) is 13.7 Å². The Morgan fingerprint density at radius 2 is 1.45 bits per heavy atom. The molecule has 2 N–H and O–H groups in total. The molecule has 190 valence electrons. The SMILES string of the molecule is C[C@H]1O[C@@H](n2cc(I)c(N)nc2=O)C(OO[Si](C)(C)C(C)(C)C)C1OO[Si](C)(C)C(C)(C)C. The lowest BCUT2D eigenvalue weighted by molar-refractivity contribution is -0.334. The van der Waals surface area contributed by atoms with E-state index in [-0.39, 0.29) is 15.9 Å². The number of halogens is 1. The Morgan fingerprint density at radius 1 is 1.00 bits per heavy atom. The summed E-state index contributed by atoms with van der Waals surface area (Å²) in [4.78, 5) is 28.6. The molecule has 1 aromatic rings. The number of nitrogens with zero attached hydrogens (tertiary/aromatic N) is 2. The minimum absolute atomic E-state index is 0.0446. The fraction of sp³-hybridized carbons (Fsp3) is 0.810. The average molecular weight is 614 g/mol. The summed E-state index contributed by atoms with van der Waals surface area (Å²) in [5.74, 6) is 0.173. The Balaban J connectivity index is 2.40. The van der Waals surface area contributed by atoms with Gasteiger partial charge in [0.1, 0.15) is 5.82 Å². The third-order valence-corrected chi connectivity index (χ3v) is 16.1. The second-order valence-corrected chi connectivity index (χ2v) is 22.2. The Hall–Kier alpha value is -0.356. The smallest absolute Gasteiger partial charge is 0.351 e. The molecule has 2 heterocycles. The number of hydrogen-bond acceptors (Lipinski definition) is 8. The van der Waals surface area contributed by atoms with Crippen LogP contribution in [0.25, 0.3) is 0 Å². The normalized spacial score (nSPS) is 25.0. The minimum Gasteiger partial charge on any atom is -0.383 e. The van der Waals surface area contributed by atoms with Crippen LogP contribution in [-0.2, 0) is 23.7 Å². The first-order chi connectivity index (χ1) is 14.8. The van der Waals surface area contributed by atoms with Gasteiger partial charge in [0.2, 0.25) is 16.6 Å². The van der Waals surface area contributed by atoms with Crippen molar-refractivity contribution in [1.82, 2.24) is 9.55 Å². The molecule has 1 aliphatic rings. The number of nitrogens with two attached hydrogens (primary N) is 1. The van der Waals surface area contributed by atoms with E-state index >= 15 is 0 Å². The van der Waals surface area contributed by atoms with E-state index in [1.54, 1.807) is 6.20 Å². The molecule has 2 rings (SSSR count). The van der Waals surface area contributed by atoms with Crippen molar-refractivity contribution in [2.75, 3.05) is 5.73 Å². The molecule has 0 spiro atoms. The fourth-order valence-electron chi connectivity index (χ4n) is 2.50. The number of hydrogen-bond donors (Lipinski definition) is 1. The summed E-state index contributed by atoms with van der Waals surface area (Å²) in [6.07, 6.45) is -0.988. The molecule has 0 aromatic carbocycles. The van der Waals surface area contributed by atoms with Gasteiger partial charge in [0.05, 0.1) is 9.67 Å². The Morgan fingerprint density at radius 3 is 1.91 bits per heavy atom. The van der Waals surface area contributed by atoms with Crippen LogP contribution in [0.15, 0.2) is 11.0 Å². The van der Waals surface area contributed by atoms with Crippen LogP contribution in [0.5, 0.6) is 0 Å². The maximum absolute atomic E-state index is 12.7. The first kappa shape index (κ1) is 28.9. The van der Waals surface area contributed by atoms with Crippen LogP contribution in [0.2, 0.25) is 36.3 Å². The zero-order valence-electron chi connectivity index (χ0n) is 21.7. The number of anilines is 1. The summed E-state index contributed by atoms with van der Waals surface area (Å²) in [6.45, 7) is 23.0. The summed E-state index contributed by atoms with van der Waals surface area (Å²) in [5, 5.41) is -0.118. The molecule has 4 atom stereocenters. The molecule has 0 bridgehead atoms. The van der Waals surface area contributed by atoms with Gasteiger partial charge in [0.15, 0.2) is 18.4 Å². The molecule has 2 unspecified atom stereocenters. The monoisotopic (exact) mass is 613 g/mol. The van der Waals surface area contributed by atoms with E-state index in [0.717, 1.165) is 0 Å². The van der Waals surface area contributed by atoms with Gasteiger partial charge in [-0.25, -0.2) is 14.6 Å². The van der Waals surface area contributed by atoms with Crippen LogP contribution in [-0.4, -0.2) is 44.5 Å². The molecule has 1 aromatic heterocycles. The highest BCUT2D eigenvalue weighted by atomic mass is 127. The summed E-state index contributed by atoms with van der Waals surface area (Å²) in [7, 11) is -4.48. The van der Waals surface area contributed by atoms with Gasteiger partial charge in [-0.1, -0.05) is 41.5 Å². The Bertz CT molecular complexity index is 897. The van der Waals surface area contributed by atoms with Crippen molar-refractivity contribution in [3.63, 3.8) is 0 Å². The maximum atomic E-state index is 12.7. The molecule has 0 amide bonds. The minimum atomic E-state index is -2.27. The third kappa shape index (κ3) is 6.45. The second-order valence-electron chi connectivity index (χ2n) is 11.7. The lowest BCUT2D eigenvalue weighted by Crippen LogP contribution is -2.47. The number of aromatic nitrogens is 2. The van der Waals surface area contributed by atoms with Crippen molar-refractivity contribution < 1.29 is 23.7 Å². The average Bonchev–Trinajstić information content (AvgIpc) is 2.94. The molecule has 1 aliphatic heterocycles. The van der Waals surface area contributed by atoms with Crippen molar-refractivity contribution in [1.29, 1.82) is 0 Å². The molecule has 12 heteroatoms. The van der Waals surface area contributed by atoms with E-state index in [9.17, 15) is 4.79 Å². The predicted molar refractivity (Wildman–Crippen MR) is 142 cm³/mol. The molecule has 1 fully saturated rings. The zero-order chi connectivity index (χ0) is 25.6. The van der Waals surface area contributed by atoms with Gasteiger partial charge in [0.25, 0.3) is 0 Å². The first-order valence-electron chi connectivity index (χ1n) is 11.2. The van der Waals surface area contributed by atoms with Crippen molar-refractivity contribution in [3.05, 3.63) is 20.3 Å². The molecular weight excluding hydrogens is 573 g/mol. The van der Waals surface area contributed by atoms with E-state index < -0.39 is 46.9 Å². The molecular formula is C21H40IN3O6Si2. The Labute approximate surface area is 212 Å². The highest BCUT2D eigenvalue weighted by Gasteiger charge is 2.51. The highest BCUT2D eigenvalue weighted by molar-refractivity contribution is 14.1. The van der Waals surface area contributed by atoms with Gasteiger partial charge in [-0.05, 0) is 65.8 Å². The van der Waals surface area contributed by atoms with Gasteiger partial charge in [0, 0.05) is 6.20 Å². The van der Waals surface area contributed by atoms with E-state index in [2.05, 4.69) is 72.7 Å². The van der Waals surface area contributed by atoms with Crippen molar-refractivity contribution >= 4 is 45.0 Å². The molecule has 0 saturated carbocycles. The molecule has 1 saturated heterocycles. The number of rotatable bonds is 7. The first-order valence-corrected chi connectivity index (χ1v) is 18.1. The summed E-state index contributed by atoms with van der Waals surface area (Å²) >= 11 is 2.03. The topological polar surface area (TPSA) is 107 Å². The number of ether oxygens (including phenoxy) is 1. The molecule has 0 aliphatic carbocycles. The van der Waals surface area contributed by atoms with Gasteiger partial charge >= 0.3 is 5.69 Å². The summed E-state index contributed by atoms with van der Waals surface area (Å²) in [5.41, 5.74) is 5.28.